The van der Waals surface area contributed by atoms with Gasteiger partial charge in [-0.2, -0.15) is 5.26 Å². The minimum Gasteiger partial charge on any atom is -0.479 e. The summed E-state index contributed by atoms with van der Waals surface area (Å²) in [4.78, 5) is 14.8. The highest BCUT2D eigenvalue weighted by atomic mass is 16.7. The molecule has 0 saturated heterocycles. The summed E-state index contributed by atoms with van der Waals surface area (Å²) in [7, 11) is 0. The van der Waals surface area contributed by atoms with Crippen molar-refractivity contribution in [3.63, 3.8) is 0 Å². The smallest absolute Gasteiger partial charge is 0.332 e. The number of carboxylic acids is 1. The normalized spacial score (nSPS) is 9.33. The van der Waals surface area contributed by atoms with Crippen LogP contribution in [0.4, 0.5) is 5.69 Å². The molecule has 0 amide bonds. The maximum absolute atomic E-state index is 10.1. The lowest BCUT2D eigenvalue weighted by molar-refractivity contribution is -0.141. The molecule has 1 rings (SSSR count). The van der Waals surface area contributed by atoms with Gasteiger partial charge in [0, 0.05) is 0 Å². The minimum atomic E-state index is -1.05. The molecule has 0 aliphatic rings. The SMILES string of the molecule is Cc1cc(NOCC(=O)O)ccc1C#N. The van der Waals surface area contributed by atoms with Crippen LogP contribution in [-0.4, -0.2) is 17.7 Å². The van der Waals surface area contributed by atoms with Gasteiger partial charge in [0.25, 0.3) is 0 Å². The van der Waals surface area contributed by atoms with E-state index in [4.69, 9.17) is 10.4 Å². The second-order valence-corrected chi connectivity index (χ2v) is 2.93. The summed E-state index contributed by atoms with van der Waals surface area (Å²) in [5.74, 6) is -1.05. The fourth-order valence-corrected chi connectivity index (χ4v) is 1.03. The molecule has 0 bridgehead atoms. The van der Waals surface area contributed by atoms with Gasteiger partial charge in [-0.25, -0.2) is 4.79 Å². The monoisotopic (exact) mass is 206 g/mol. The Balaban J connectivity index is 2.60. The lowest BCUT2D eigenvalue weighted by Gasteiger charge is -2.06. The van der Waals surface area contributed by atoms with E-state index in [-0.39, 0.29) is 0 Å². The number of carbonyl (C=O) groups is 1. The number of nitrogens with one attached hydrogen (secondary N) is 1. The number of aryl methyl sites for hydroxylation is 1. The van der Waals surface area contributed by atoms with Crippen molar-refractivity contribution < 1.29 is 14.7 Å². The predicted molar refractivity (Wildman–Crippen MR) is 53.1 cm³/mol. The van der Waals surface area contributed by atoms with Gasteiger partial charge < -0.3 is 5.11 Å². The van der Waals surface area contributed by atoms with Crippen LogP contribution in [0, 0.1) is 18.3 Å². The molecule has 0 aliphatic heterocycles. The molecule has 1 aromatic rings. The number of hydrogen-bond acceptors (Lipinski definition) is 4. The number of anilines is 1. The predicted octanol–water partition coefficient (Wildman–Crippen LogP) is 1.29. The third-order valence-corrected chi connectivity index (χ3v) is 1.73. The van der Waals surface area contributed by atoms with E-state index in [1.807, 2.05) is 6.07 Å². The highest BCUT2D eigenvalue weighted by Crippen LogP contribution is 2.13. The molecular weight excluding hydrogens is 196 g/mol. The number of aliphatic carboxylic acids is 1. The van der Waals surface area contributed by atoms with Crippen molar-refractivity contribution in [1.82, 2.24) is 0 Å². The van der Waals surface area contributed by atoms with Crippen LogP contribution in [0.1, 0.15) is 11.1 Å². The van der Waals surface area contributed by atoms with Crippen molar-refractivity contribution in [2.45, 2.75) is 6.92 Å². The van der Waals surface area contributed by atoms with Crippen molar-refractivity contribution in [3.8, 4) is 6.07 Å². The average molecular weight is 206 g/mol. The van der Waals surface area contributed by atoms with Gasteiger partial charge in [-0.15, -0.1) is 0 Å². The Bertz CT molecular complexity index is 410. The zero-order valence-corrected chi connectivity index (χ0v) is 8.15. The van der Waals surface area contributed by atoms with Crippen LogP contribution in [0.15, 0.2) is 18.2 Å². The van der Waals surface area contributed by atoms with Crippen molar-refractivity contribution in [1.29, 1.82) is 5.26 Å². The lowest BCUT2D eigenvalue weighted by atomic mass is 10.1. The van der Waals surface area contributed by atoms with E-state index in [0.29, 0.717) is 11.3 Å². The molecule has 2 N–H and O–H groups in total. The maximum Gasteiger partial charge on any atom is 0.332 e. The van der Waals surface area contributed by atoms with E-state index in [2.05, 4.69) is 10.3 Å². The Morgan fingerprint density at radius 1 is 1.67 bits per heavy atom. The molecule has 0 saturated carbocycles. The van der Waals surface area contributed by atoms with Crippen molar-refractivity contribution in [2.24, 2.45) is 0 Å². The Labute approximate surface area is 86.9 Å². The highest BCUT2D eigenvalue weighted by Gasteiger charge is 2.00. The third-order valence-electron chi connectivity index (χ3n) is 1.73. The Morgan fingerprint density at radius 2 is 2.40 bits per heavy atom. The average Bonchev–Trinajstić information content (AvgIpc) is 2.17. The molecule has 15 heavy (non-hydrogen) atoms. The van der Waals surface area contributed by atoms with Gasteiger partial charge in [-0.3, -0.25) is 10.3 Å². The fraction of sp³-hybridized carbons (Fsp3) is 0.200. The minimum absolute atomic E-state index is 0.418. The van der Waals surface area contributed by atoms with Crippen LogP contribution in [0.25, 0.3) is 0 Å². The van der Waals surface area contributed by atoms with E-state index < -0.39 is 12.6 Å². The van der Waals surface area contributed by atoms with Gasteiger partial charge in [0.05, 0.1) is 17.3 Å². The number of benzene rings is 1. The van der Waals surface area contributed by atoms with Crippen molar-refractivity contribution in [3.05, 3.63) is 29.3 Å². The molecule has 0 aliphatic carbocycles. The summed E-state index contributed by atoms with van der Waals surface area (Å²) >= 11 is 0. The second kappa shape index (κ2) is 4.98. The molecule has 5 heteroatoms. The number of nitrogens with zero attached hydrogens (tertiary/aromatic N) is 1. The summed E-state index contributed by atoms with van der Waals surface area (Å²) in [5, 5.41) is 17.0. The fourth-order valence-electron chi connectivity index (χ4n) is 1.03. The quantitative estimate of drug-likeness (QED) is 0.725. The van der Waals surface area contributed by atoms with Crippen LogP contribution in [0.5, 0.6) is 0 Å². The van der Waals surface area contributed by atoms with E-state index in [1.54, 1.807) is 25.1 Å². The summed E-state index contributed by atoms with van der Waals surface area (Å²) in [6, 6.07) is 7.03. The van der Waals surface area contributed by atoms with Gasteiger partial charge in [0.2, 0.25) is 0 Å². The first-order valence-electron chi connectivity index (χ1n) is 4.24. The molecule has 0 aromatic heterocycles. The third kappa shape index (κ3) is 3.29. The molecule has 0 spiro atoms. The van der Waals surface area contributed by atoms with E-state index in [1.165, 1.54) is 0 Å². The molecule has 5 nitrogen and oxygen atoms in total. The highest BCUT2D eigenvalue weighted by molar-refractivity contribution is 5.68. The van der Waals surface area contributed by atoms with Gasteiger partial charge in [0.1, 0.15) is 0 Å². The van der Waals surface area contributed by atoms with Crippen LogP contribution >= 0.6 is 0 Å². The first-order chi connectivity index (χ1) is 7.13. The zero-order chi connectivity index (χ0) is 11.3. The van der Waals surface area contributed by atoms with Gasteiger partial charge >= 0.3 is 5.97 Å². The van der Waals surface area contributed by atoms with E-state index >= 15 is 0 Å². The molecule has 0 fully saturated rings. The Morgan fingerprint density at radius 3 is 2.93 bits per heavy atom. The van der Waals surface area contributed by atoms with Gasteiger partial charge in [-0.1, -0.05) is 0 Å². The molecule has 0 unspecified atom stereocenters. The first kappa shape index (κ1) is 11.0. The van der Waals surface area contributed by atoms with Crippen molar-refractivity contribution >= 4 is 11.7 Å². The summed E-state index contributed by atoms with van der Waals surface area (Å²) < 4.78 is 0. The topological polar surface area (TPSA) is 82.3 Å². The molecule has 1 aromatic carbocycles. The van der Waals surface area contributed by atoms with Crippen LogP contribution in [-0.2, 0) is 9.63 Å². The number of hydrogen-bond donors (Lipinski definition) is 2. The largest absolute Gasteiger partial charge is 0.479 e. The lowest BCUT2D eigenvalue weighted by Crippen LogP contribution is -2.11. The molecule has 0 radical (unpaired) electrons. The molecule has 0 atom stereocenters. The second-order valence-electron chi connectivity index (χ2n) is 2.93. The first-order valence-corrected chi connectivity index (χ1v) is 4.24. The van der Waals surface area contributed by atoms with Gasteiger partial charge in [0.15, 0.2) is 6.61 Å². The number of rotatable bonds is 4. The molecule has 78 valence electrons. The number of carboxylic acid groups (broad SMARTS) is 1. The van der Waals surface area contributed by atoms with E-state index in [0.717, 1.165) is 5.56 Å². The number of nitriles is 1. The van der Waals surface area contributed by atoms with Crippen LogP contribution in [0.3, 0.4) is 0 Å². The zero-order valence-electron chi connectivity index (χ0n) is 8.15. The van der Waals surface area contributed by atoms with Crippen LogP contribution in [0.2, 0.25) is 0 Å². The Kier molecular flexibility index (Phi) is 3.66. The maximum atomic E-state index is 10.1. The van der Waals surface area contributed by atoms with E-state index in [9.17, 15) is 4.79 Å². The van der Waals surface area contributed by atoms with Crippen molar-refractivity contribution in [2.75, 3.05) is 12.1 Å². The summed E-state index contributed by atoms with van der Waals surface area (Å²) in [5.41, 5.74) is 4.49. The van der Waals surface area contributed by atoms with Crippen LogP contribution < -0.4 is 5.48 Å². The summed E-state index contributed by atoms with van der Waals surface area (Å²) in [6.45, 7) is 1.37. The Hall–Kier alpha value is -2.06. The standard InChI is InChI=1S/C10H10N2O3/c1-7-4-9(3-2-8(7)5-11)12-15-6-10(13)14/h2-4,12H,6H2,1H3,(H,13,14). The van der Waals surface area contributed by atoms with Gasteiger partial charge in [-0.05, 0) is 30.7 Å². The summed E-state index contributed by atoms with van der Waals surface area (Å²) in [6.07, 6.45) is 0. The molecular formula is C10H10N2O3. The molecule has 0 heterocycles.